The van der Waals surface area contributed by atoms with Gasteiger partial charge in [-0.3, -0.25) is 9.69 Å². The van der Waals surface area contributed by atoms with E-state index in [2.05, 4.69) is 62.6 Å². The van der Waals surface area contributed by atoms with E-state index in [9.17, 15) is 4.79 Å². The number of hydrogen-bond donors (Lipinski definition) is 2. The van der Waals surface area contributed by atoms with E-state index in [1.807, 2.05) is 13.2 Å². The maximum Gasteiger partial charge on any atom is 0.227 e. The van der Waals surface area contributed by atoms with Gasteiger partial charge in [-0.1, -0.05) is 30.3 Å². The average molecular weight is 460 g/mol. The lowest BCUT2D eigenvalue weighted by Crippen LogP contribution is -2.47. The van der Waals surface area contributed by atoms with Gasteiger partial charge in [0.05, 0.1) is 19.5 Å². The van der Waals surface area contributed by atoms with Gasteiger partial charge >= 0.3 is 0 Å². The molecule has 7 heteroatoms. The highest BCUT2D eigenvalue weighted by molar-refractivity contribution is 5.96. The number of piperidine rings is 1. The van der Waals surface area contributed by atoms with Gasteiger partial charge in [-0.05, 0) is 49.1 Å². The molecule has 1 saturated heterocycles. The van der Waals surface area contributed by atoms with E-state index in [1.54, 1.807) is 18.3 Å². The van der Waals surface area contributed by atoms with Crippen molar-refractivity contribution in [3.63, 3.8) is 0 Å². The molecule has 1 aromatic heterocycles. The minimum atomic E-state index is 0.169. The second-order valence-corrected chi connectivity index (χ2v) is 9.28. The molecule has 2 aliphatic rings. The van der Waals surface area contributed by atoms with Crippen molar-refractivity contribution in [1.82, 2.24) is 20.2 Å². The van der Waals surface area contributed by atoms with Crippen molar-refractivity contribution in [3.05, 3.63) is 77.4 Å². The Hall–Kier alpha value is -3.16. The van der Waals surface area contributed by atoms with Gasteiger partial charge in [0, 0.05) is 55.7 Å². The molecule has 2 N–H and O–H groups in total. The van der Waals surface area contributed by atoms with Crippen LogP contribution >= 0.6 is 0 Å². The van der Waals surface area contributed by atoms with Crippen LogP contribution in [-0.2, 0) is 24.3 Å². The Balaban J connectivity index is 1.40. The Morgan fingerprint density at radius 1 is 1.21 bits per heavy atom. The molecular weight excluding hydrogens is 426 g/mol. The van der Waals surface area contributed by atoms with Gasteiger partial charge in [0.15, 0.2) is 0 Å². The summed E-state index contributed by atoms with van der Waals surface area (Å²) in [5.74, 6) is 1.05. The van der Waals surface area contributed by atoms with Gasteiger partial charge in [-0.2, -0.15) is 0 Å². The van der Waals surface area contributed by atoms with Crippen molar-refractivity contribution in [3.8, 4) is 5.75 Å². The first-order valence-corrected chi connectivity index (χ1v) is 12.1. The summed E-state index contributed by atoms with van der Waals surface area (Å²) in [6, 6.07) is 15.5. The smallest absolute Gasteiger partial charge is 0.227 e. The van der Waals surface area contributed by atoms with Crippen LogP contribution in [0, 0.1) is 0 Å². The molecule has 2 aliphatic heterocycles. The Bertz CT molecular complexity index is 1120. The highest BCUT2D eigenvalue weighted by Gasteiger charge is 2.33. The van der Waals surface area contributed by atoms with Crippen molar-refractivity contribution in [2.75, 3.05) is 25.6 Å². The Labute approximate surface area is 201 Å². The molecule has 5 rings (SSSR count). The number of imidazole rings is 1. The van der Waals surface area contributed by atoms with Crippen molar-refractivity contribution in [2.24, 2.45) is 0 Å². The monoisotopic (exact) mass is 459 g/mol. The number of hydrogen-bond acceptors (Lipinski definition) is 5. The van der Waals surface area contributed by atoms with Crippen LogP contribution in [0.5, 0.6) is 5.75 Å². The van der Waals surface area contributed by atoms with E-state index in [4.69, 9.17) is 4.74 Å². The third kappa shape index (κ3) is 4.58. The molecule has 0 unspecified atom stereocenters. The number of carbonyl (C=O) groups is 1. The van der Waals surface area contributed by atoms with Gasteiger partial charge < -0.3 is 19.9 Å². The fourth-order valence-corrected chi connectivity index (χ4v) is 5.42. The molecule has 0 bridgehead atoms. The van der Waals surface area contributed by atoms with Crippen molar-refractivity contribution >= 4 is 11.6 Å². The quantitative estimate of drug-likeness (QED) is 0.562. The molecule has 0 radical (unpaired) electrons. The van der Waals surface area contributed by atoms with Gasteiger partial charge in [0.1, 0.15) is 5.75 Å². The lowest BCUT2D eigenvalue weighted by molar-refractivity contribution is -0.118. The Morgan fingerprint density at radius 2 is 2.06 bits per heavy atom. The zero-order chi connectivity index (χ0) is 23.5. The molecular formula is C27H33N5O2. The zero-order valence-electron chi connectivity index (χ0n) is 20.0. The van der Waals surface area contributed by atoms with Gasteiger partial charge in [-0.25, -0.2) is 4.98 Å². The normalized spacial score (nSPS) is 20.9. The first-order chi connectivity index (χ1) is 16.6. The van der Waals surface area contributed by atoms with Gasteiger partial charge in [0.2, 0.25) is 5.91 Å². The molecule has 178 valence electrons. The van der Waals surface area contributed by atoms with Crippen LogP contribution in [0.1, 0.15) is 47.7 Å². The summed E-state index contributed by atoms with van der Waals surface area (Å²) in [5, 5.41) is 3.85. The molecule has 3 heterocycles. The average Bonchev–Trinajstić information content (AvgIpc) is 3.38. The van der Waals surface area contributed by atoms with Crippen LogP contribution in [0.2, 0.25) is 0 Å². The number of nitrogens with zero attached hydrogens (tertiary/aromatic N) is 3. The topological polar surface area (TPSA) is 73.5 Å². The number of likely N-dealkylation sites (tertiary alicyclic amines) is 1. The Morgan fingerprint density at radius 3 is 2.82 bits per heavy atom. The number of aryl methyl sites for hydroxylation is 1. The van der Waals surface area contributed by atoms with Crippen molar-refractivity contribution < 1.29 is 9.53 Å². The SMILES string of the molecule is COc1cc2c(cc1CN[C@H]1CCCN(Cc3cnc[nH]3)[C@@H]1c1ccccc1)N(C)C(=O)CC2. The van der Waals surface area contributed by atoms with Crippen molar-refractivity contribution in [1.29, 1.82) is 0 Å². The maximum atomic E-state index is 12.3. The highest BCUT2D eigenvalue weighted by atomic mass is 16.5. The van der Waals surface area contributed by atoms with E-state index in [0.29, 0.717) is 19.0 Å². The second kappa shape index (κ2) is 9.99. The van der Waals surface area contributed by atoms with Gasteiger partial charge in [-0.15, -0.1) is 0 Å². The largest absolute Gasteiger partial charge is 0.496 e. The molecule has 34 heavy (non-hydrogen) atoms. The van der Waals surface area contributed by atoms with Crippen LogP contribution in [0.15, 0.2) is 55.0 Å². The fourth-order valence-electron chi connectivity index (χ4n) is 5.42. The summed E-state index contributed by atoms with van der Waals surface area (Å²) >= 11 is 0. The molecule has 1 amide bonds. The van der Waals surface area contributed by atoms with Crippen LogP contribution < -0.4 is 15.0 Å². The molecule has 0 aliphatic carbocycles. The predicted molar refractivity (Wildman–Crippen MR) is 133 cm³/mol. The molecule has 0 spiro atoms. The van der Waals surface area contributed by atoms with Crippen LogP contribution in [0.25, 0.3) is 0 Å². The number of rotatable bonds is 7. The molecule has 0 saturated carbocycles. The molecule has 1 fully saturated rings. The summed E-state index contributed by atoms with van der Waals surface area (Å²) in [4.78, 5) is 24.0. The number of methoxy groups -OCH3 is 1. The number of aromatic amines is 1. The first kappa shape index (κ1) is 22.6. The molecule has 2 atom stereocenters. The maximum absolute atomic E-state index is 12.3. The number of ether oxygens (including phenoxy) is 1. The zero-order valence-corrected chi connectivity index (χ0v) is 20.0. The number of amides is 1. The third-order valence-electron chi connectivity index (χ3n) is 7.18. The summed E-state index contributed by atoms with van der Waals surface area (Å²) in [6.45, 7) is 2.57. The second-order valence-electron chi connectivity index (χ2n) is 9.28. The lowest BCUT2D eigenvalue weighted by Gasteiger charge is -2.42. The van der Waals surface area contributed by atoms with E-state index in [1.165, 1.54) is 11.1 Å². The van der Waals surface area contributed by atoms with Crippen LogP contribution in [-0.4, -0.2) is 47.5 Å². The van der Waals surface area contributed by atoms with Crippen molar-refractivity contribution in [2.45, 2.75) is 50.9 Å². The van der Waals surface area contributed by atoms with Crippen LogP contribution in [0.3, 0.4) is 0 Å². The number of aromatic nitrogens is 2. The number of fused-ring (bicyclic) bond motifs is 1. The minimum Gasteiger partial charge on any atom is -0.496 e. The number of benzene rings is 2. The van der Waals surface area contributed by atoms with E-state index in [-0.39, 0.29) is 11.9 Å². The summed E-state index contributed by atoms with van der Waals surface area (Å²) < 4.78 is 5.75. The molecule has 3 aromatic rings. The summed E-state index contributed by atoms with van der Waals surface area (Å²) in [7, 11) is 3.59. The van der Waals surface area contributed by atoms with Crippen LogP contribution in [0.4, 0.5) is 5.69 Å². The minimum absolute atomic E-state index is 0.169. The molecule has 2 aromatic carbocycles. The lowest BCUT2D eigenvalue weighted by atomic mass is 9.89. The van der Waals surface area contributed by atoms with E-state index in [0.717, 1.165) is 55.0 Å². The summed E-state index contributed by atoms with van der Waals surface area (Å²) in [5.41, 5.74) is 5.71. The Kier molecular flexibility index (Phi) is 6.65. The number of anilines is 1. The highest BCUT2D eigenvalue weighted by Crippen LogP contribution is 2.35. The number of H-pyrrole nitrogens is 1. The molecule has 7 nitrogen and oxygen atoms in total. The van der Waals surface area contributed by atoms with E-state index < -0.39 is 0 Å². The fraction of sp³-hybridized carbons (Fsp3) is 0.407. The van der Waals surface area contributed by atoms with E-state index >= 15 is 0 Å². The standard InChI is InChI=1S/C27H33N5O2/c1-31-24-13-21(25(34-2)14-20(24)10-11-26(31)33)15-29-23-9-6-12-32(17-22-16-28-18-30-22)27(23)19-7-4-3-5-8-19/h3-5,7-8,13-14,16,18,23,27,29H,6,9-12,15,17H2,1-2H3,(H,28,30)/t23-,27+/m0/s1. The number of carbonyl (C=O) groups excluding carboxylic acids is 1. The summed E-state index contributed by atoms with van der Waals surface area (Å²) in [6.07, 6.45) is 7.21. The predicted octanol–water partition coefficient (Wildman–Crippen LogP) is 3.82. The van der Waals surface area contributed by atoms with Gasteiger partial charge in [0.25, 0.3) is 0 Å². The number of nitrogens with one attached hydrogen (secondary N) is 2. The first-order valence-electron chi connectivity index (χ1n) is 12.1. The third-order valence-corrected chi connectivity index (χ3v) is 7.18.